The molecule has 0 aromatic carbocycles. The molecule has 1 aromatic rings. The van der Waals surface area contributed by atoms with Crippen molar-refractivity contribution >= 4 is 11.9 Å². The molecule has 110 valence electrons. The third kappa shape index (κ3) is 3.59. The van der Waals surface area contributed by atoms with Gasteiger partial charge in [-0.05, 0) is 31.2 Å². The monoisotopic (exact) mass is 279 g/mol. The van der Waals surface area contributed by atoms with Crippen LogP contribution in [0.15, 0.2) is 6.07 Å². The summed E-state index contributed by atoms with van der Waals surface area (Å²) in [5.41, 5.74) is 1.32. The van der Waals surface area contributed by atoms with Crippen molar-refractivity contribution in [2.24, 2.45) is 5.92 Å². The van der Waals surface area contributed by atoms with Crippen molar-refractivity contribution in [1.82, 2.24) is 15.5 Å². The molecule has 2 rings (SSSR count). The Balaban J connectivity index is 2.00. The first-order chi connectivity index (χ1) is 9.51. The molecule has 0 spiro atoms. The fraction of sp³-hybridized carbons (Fsp3) is 0.643. The zero-order valence-corrected chi connectivity index (χ0v) is 12.1. The Morgan fingerprint density at radius 2 is 2.20 bits per heavy atom. The molecule has 1 aromatic heterocycles. The second-order valence-corrected chi connectivity index (χ2v) is 5.66. The van der Waals surface area contributed by atoms with Gasteiger partial charge in [0.2, 0.25) is 0 Å². The molecule has 1 aliphatic rings. The van der Waals surface area contributed by atoms with Crippen molar-refractivity contribution in [3.8, 4) is 0 Å². The van der Waals surface area contributed by atoms with Gasteiger partial charge in [0.25, 0.3) is 5.91 Å². The summed E-state index contributed by atoms with van der Waals surface area (Å²) in [4.78, 5) is 23.8. The Kier molecular flexibility index (Phi) is 4.42. The molecule has 1 fully saturated rings. The molecule has 6 heteroatoms. The van der Waals surface area contributed by atoms with Gasteiger partial charge in [-0.1, -0.05) is 13.8 Å². The molecule has 1 atom stereocenters. The van der Waals surface area contributed by atoms with Crippen molar-refractivity contribution in [1.29, 1.82) is 0 Å². The molecule has 1 unspecified atom stereocenters. The number of aromatic amines is 1. The highest BCUT2D eigenvalue weighted by Crippen LogP contribution is 2.38. The van der Waals surface area contributed by atoms with Gasteiger partial charge in [0.15, 0.2) is 0 Å². The van der Waals surface area contributed by atoms with Gasteiger partial charge in [-0.2, -0.15) is 5.10 Å². The lowest BCUT2D eigenvalue weighted by Gasteiger charge is -2.17. The van der Waals surface area contributed by atoms with E-state index in [9.17, 15) is 9.59 Å². The van der Waals surface area contributed by atoms with E-state index in [4.69, 9.17) is 4.74 Å². The molecule has 1 aliphatic carbocycles. The largest absolute Gasteiger partial charge is 0.467 e. The van der Waals surface area contributed by atoms with E-state index in [1.807, 2.05) is 13.8 Å². The molecule has 1 amide bonds. The topological polar surface area (TPSA) is 84.1 Å². The van der Waals surface area contributed by atoms with Crippen LogP contribution in [0.1, 0.15) is 55.2 Å². The van der Waals surface area contributed by atoms with Gasteiger partial charge in [-0.15, -0.1) is 0 Å². The smallest absolute Gasteiger partial charge is 0.328 e. The number of rotatable bonds is 6. The van der Waals surface area contributed by atoms with E-state index in [0.717, 1.165) is 18.5 Å². The second kappa shape index (κ2) is 6.07. The first-order valence-electron chi connectivity index (χ1n) is 6.95. The third-order valence-electron chi connectivity index (χ3n) is 3.35. The summed E-state index contributed by atoms with van der Waals surface area (Å²) in [5, 5.41) is 9.58. The highest BCUT2D eigenvalue weighted by Gasteiger charge is 2.28. The van der Waals surface area contributed by atoms with Gasteiger partial charge in [0.05, 0.1) is 7.11 Å². The van der Waals surface area contributed by atoms with Crippen molar-refractivity contribution < 1.29 is 14.3 Å². The zero-order valence-electron chi connectivity index (χ0n) is 12.1. The number of H-pyrrole nitrogens is 1. The lowest BCUT2D eigenvalue weighted by molar-refractivity contribution is -0.143. The maximum absolute atomic E-state index is 12.1. The number of hydrogen-bond acceptors (Lipinski definition) is 4. The minimum absolute atomic E-state index is 0.278. The molecule has 20 heavy (non-hydrogen) atoms. The summed E-state index contributed by atoms with van der Waals surface area (Å²) >= 11 is 0. The molecular formula is C14H21N3O3. The predicted molar refractivity (Wildman–Crippen MR) is 73.3 cm³/mol. The Morgan fingerprint density at radius 1 is 1.50 bits per heavy atom. The third-order valence-corrected chi connectivity index (χ3v) is 3.35. The van der Waals surface area contributed by atoms with Gasteiger partial charge in [-0.3, -0.25) is 9.89 Å². The van der Waals surface area contributed by atoms with Crippen LogP contribution in [0.2, 0.25) is 0 Å². The summed E-state index contributed by atoms with van der Waals surface area (Å²) < 4.78 is 4.72. The normalized spacial score (nSPS) is 16.0. The quantitative estimate of drug-likeness (QED) is 0.775. The summed E-state index contributed by atoms with van der Waals surface area (Å²) in [7, 11) is 1.32. The number of amides is 1. The zero-order chi connectivity index (χ0) is 14.7. The number of methoxy groups -OCH3 is 1. The molecule has 6 nitrogen and oxygen atoms in total. The number of esters is 1. The minimum Gasteiger partial charge on any atom is -0.467 e. The summed E-state index contributed by atoms with van der Waals surface area (Å²) in [6, 6.07) is 1.13. The Labute approximate surface area is 118 Å². The number of ether oxygens (including phenoxy) is 1. The van der Waals surface area contributed by atoms with Crippen LogP contribution < -0.4 is 5.32 Å². The van der Waals surface area contributed by atoms with Crippen LogP contribution in [-0.4, -0.2) is 35.2 Å². The van der Waals surface area contributed by atoms with Gasteiger partial charge in [0.1, 0.15) is 11.7 Å². The highest BCUT2D eigenvalue weighted by molar-refractivity contribution is 5.95. The van der Waals surface area contributed by atoms with Crippen LogP contribution in [0.4, 0.5) is 0 Å². The maximum Gasteiger partial charge on any atom is 0.328 e. The van der Waals surface area contributed by atoms with E-state index in [1.165, 1.54) is 7.11 Å². The number of hydrogen-bond donors (Lipinski definition) is 2. The first kappa shape index (κ1) is 14.6. The van der Waals surface area contributed by atoms with Crippen LogP contribution in [0.25, 0.3) is 0 Å². The Hall–Kier alpha value is -1.85. The van der Waals surface area contributed by atoms with E-state index in [1.54, 1.807) is 6.07 Å². The van der Waals surface area contributed by atoms with Gasteiger partial charge >= 0.3 is 5.97 Å². The van der Waals surface area contributed by atoms with E-state index < -0.39 is 12.0 Å². The van der Waals surface area contributed by atoms with Crippen LogP contribution in [0, 0.1) is 5.92 Å². The summed E-state index contributed by atoms with van der Waals surface area (Å²) in [6.07, 6.45) is 2.82. The predicted octanol–water partition coefficient (Wildman–Crippen LogP) is 1.60. The maximum atomic E-state index is 12.1. The number of nitrogens with one attached hydrogen (secondary N) is 2. The highest BCUT2D eigenvalue weighted by atomic mass is 16.5. The Bertz CT molecular complexity index is 492. The average molecular weight is 279 g/mol. The number of carbonyl (C=O) groups is 2. The first-order valence-corrected chi connectivity index (χ1v) is 6.95. The van der Waals surface area contributed by atoms with Crippen molar-refractivity contribution in [2.75, 3.05) is 7.11 Å². The second-order valence-electron chi connectivity index (χ2n) is 5.66. The summed E-state index contributed by atoms with van der Waals surface area (Å²) in [6.45, 7) is 3.98. The molecule has 0 bridgehead atoms. The van der Waals surface area contributed by atoms with Gasteiger partial charge in [-0.25, -0.2) is 4.79 Å². The minimum atomic E-state index is -0.631. The van der Waals surface area contributed by atoms with E-state index in [2.05, 4.69) is 15.5 Å². The fourth-order valence-electron chi connectivity index (χ4n) is 2.12. The number of carbonyl (C=O) groups excluding carboxylic acids is 2. The van der Waals surface area contributed by atoms with Crippen molar-refractivity contribution in [2.45, 2.75) is 45.1 Å². The lowest BCUT2D eigenvalue weighted by Crippen LogP contribution is -2.42. The van der Waals surface area contributed by atoms with Crippen LogP contribution in [0.5, 0.6) is 0 Å². The molecule has 1 saturated carbocycles. The molecule has 1 heterocycles. The van der Waals surface area contributed by atoms with E-state index in [0.29, 0.717) is 18.0 Å². The van der Waals surface area contributed by atoms with Crippen molar-refractivity contribution in [3.63, 3.8) is 0 Å². The lowest BCUT2D eigenvalue weighted by atomic mass is 10.0. The van der Waals surface area contributed by atoms with E-state index in [-0.39, 0.29) is 11.8 Å². The summed E-state index contributed by atoms with van der Waals surface area (Å²) in [5.74, 6) is 0.0194. The fourth-order valence-corrected chi connectivity index (χ4v) is 2.12. The molecule has 2 N–H and O–H groups in total. The standard InChI is InChI=1S/C14H21N3O3/c1-8(2)6-12(14(19)20-3)15-13(18)11-7-10(16-17-11)9-4-5-9/h7-9,12H,4-6H2,1-3H3,(H,15,18)(H,16,17). The molecule has 0 radical (unpaired) electrons. The van der Waals surface area contributed by atoms with Gasteiger partial charge in [0, 0.05) is 11.6 Å². The van der Waals surface area contributed by atoms with Crippen LogP contribution >= 0.6 is 0 Å². The SMILES string of the molecule is COC(=O)C(CC(C)C)NC(=O)c1cc(C2CC2)[nH]n1. The Morgan fingerprint density at radius 3 is 2.75 bits per heavy atom. The average Bonchev–Trinajstić information content (AvgIpc) is 3.14. The molecule has 0 saturated heterocycles. The number of nitrogens with zero attached hydrogens (tertiary/aromatic N) is 1. The van der Waals surface area contributed by atoms with Crippen LogP contribution in [-0.2, 0) is 9.53 Å². The van der Waals surface area contributed by atoms with Gasteiger partial charge < -0.3 is 10.1 Å². The molecule has 0 aliphatic heterocycles. The van der Waals surface area contributed by atoms with E-state index >= 15 is 0 Å². The van der Waals surface area contributed by atoms with Crippen LogP contribution in [0.3, 0.4) is 0 Å². The van der Waals surface area contributed by atoms with Crippen molar-refractivity contribution in [3.05, 3.63) is 17.5 Å². The molecular weight excluding hydrogens is 258 g/mol. The number of aromatic nitrogens is 2.